The van der Waals surface area contributed by atoms with Crippen LogP contribution in [0.2, 0.25) is 0 Å². The van der Waals surface area contributed by atoms with Crippen molar-refractivity contribution in [2.45, 2.75) is 70.3 Å². The third-order valence-corrected chi connectivity index (χ3v) is 7.18. The van der Waals surface area contributed by atoms with E-state index in [0.717, 1.165) is 25.7 Å². The Hall–Kier alpha value is -2.08. The van der Waals surface area contributed by atoms with Crippen LogP contribution in [0, 0.1) is 11.8 Å². The van der Waals surface area contributed by atoms with Crippen molar-refractivity contribution in [2.75, 3.05) is 19.6 Å². The minimum atomic E-state index is -0.853. The number of hydrogen-bond donors (Lipinski definition) is 1. The Morgan fingerprint density at radius 3 is 2.28 bits per heavy atom. The van der Waals surface area contributed by atoms with Crippen LogP contribution in [0.25, 0.3) is 0 Å². The Labute approximate surface area is 196 Å². The van der Waals surface area contributed by atoms with E-state index in [1.54, 1.807) is 17.0 Å². The van der Waals surface area contributed by atoms with Gasteiger partial charge in [-0.15, -0.1) is 11.6 Å². The summed E-state index contributed by atoms with van der Waals surface area (Å²) in [6, 6.07) is 8.44. The summed E-state index contributed by atoms with van der Waals surface area (Å²) in [6.45, 7) is 7.36. The van der Waals surface area contributed by atoms with Crippen LogP contribution >= 0.6 is 11.6 Å². The summed E-state index contributed by atoms with van der Waals surface area (Å²) < 4.78 is 0. The van der Waals surface area contributed by atoms with Crippen LogP contribution in [0.15, 0.2) is 30.3 Å². The zero-order valence-electron chi connectivity index (χ0n) is 19.4. The van der Waals surface area contributed by atoms with Crippen LogP contribution < -0.4 is 5.32 Å². The number of benzene rings is 1. The monoisotopic (exact) mass is 461 g/mol. The predicted molar refractivity (Wildman–Crippen MR) is 126 cm³/mol. The van der Waals surface area contributed by atoms with Gasteiger partial charge in [0, 0.05) is 31.6 Å². The van der Waals surface area contributed by atoms with Gasteiger partial charge in [0.1, 0.15) is 11.4 Å². The Balaban J connectivity index is 1.60. The van der Waals surface area contributed by atoms with Crippen molar-refractivity contribution < 1.29 is 14.4 Å². The molecular weight excluding hydrogens is 426 g/mol. The van der Waals surface area contributed by atoms with E-state index in [1.807, 2.05) is 43.9 Å². The predicted octanol–water partition coefficient (Wildman–Crippen LogP) is 3.75. The second kappa shape index (κ2) is 11.2. The lowest BCUT2D eigenvalue weighted by molar-refractivity contribution is -0.147. The Bertz CT molecular complexity index is 795. The molecule has 1 aliphatic heterocycles. The number of nitrogens with one attached hydrogen (secondary N) is 1. The van der Waals surface area contributed by atoms with Gasteiger partial charge in [0.2, 0.25) is 17.7 Å². The molecule has 3 unspecified atom stereocenters. The number of nitrogens with zero attached hydrogens (tertiary/aromatic N) is 2. The molecule has 0 aromatic heterocycles. The first-order valence-electron chi connectivity index (χ1n) is 11.9. The maximum Gasteiger partial charge on any atom is 0.245 e. The van der Waals surface area contributed by atoms with Crippen molar-refractivity contribution in [3.63, 3.8) is 0 Å². The Kier molecular flexibility index (Phi) is 8.57. The summed E-state index contributed by atoms with van der Waals surface area (Å²) in [6.07, 6.45) is 5.44. The lowest BCUT2D eigenvalue weighted by atomic mass is 9.87. The molecule has 1 saturated carbocycles. The highest BCUT2D eigenvalue weighted by atomic mass is 35.5. The largest absolute Gasteiger partial charge is 0.342 e. The summed E-state index contributed by atoms with van der Waals surface area (Å²) in [5.74, 6) is -0.185. The summed E-state index contributed by atoms with van der Waals surface area (Å²) in [4.78, 5) is 42.8. The molecule has 1 saturated heterocycles. The van der Waals surface area contributed by atoms with Gasteiger partial charge in [0.25, 0.3) is 0 Å². The molecule has 0 bridgehead atoms. The minimum absolute atomic E-state index is 0.0317. The van der Waals surface area contributed by atoms with Crippen LogP contribution in [0.5, 0.6) is 0 Å². The van der Waals surface area contributed by atoms with E-state index in [1.165, 1.54) is 6.42 Å². The van der Waals surface area contributed by atoms with E-state index in [-0.39, 0.29) is 35.6 Å². The number of hydrogen-bond acceptors (Lipinski definition) is 3. The molecular formula is C25H36ClN3O3. The van der Waals surface area contributed by atoms with Gasteiger partial charge in [-0.2, -0.15) is 0 Å². The minimum Gasteiger partial charge on any atom is -0.342 e. The fourth-order valence-corrected chi connectivity index (χ4v) is 4.99. The van der Waals surface area contributed by atoms with Crippen molar-refractivity contribution in [1.29, 1.82) is 0 Å². The topological polar surface area (TPSA) is 69.7 Å². The third kappa shape index (κ3) is 5.83. The van der Waals surface area contributed by atoms with Gasteiger partial charge in [-0.3, -0.25) is 14.4 Å². The Morgan fingerprint density at radius 1 is 1.03 bits per heavy atom. The number of rotatable bonds is 6. The first-order chi connectivity index (χ1) is 15.3. The number of piperazine rings is 1. The number of amides is 3. The zero-order chi connectivity index (χ0) is 23.3. The molecule has 176 valence electrons. The number of carbonyl (C=O) groups is 3. The van der Waals surface area contributed by atoms with Crippen molar-refractivity contribution in [3.8, 4) is 0 Å². The Morgan fingerprint density at radius 2 is 1.69 bits per heavy atom. The lowest BCUT2D eigenvalue weighted by Gasteiger charge is -2.43. The van der Waals surface area contributed by atoms with E-state index in [0.29, 0.717) is 25.2 Å². The van der Waals surface area contributed by atoms with Crippen molar-refractivity contribution in [3.05, 3.63) is 35.9 Å². The molecule has 1 N–H and O–H groups in total. The normalized spacial score (nSPS) is 21.8. The smallest absolute Gasteiger partial charge is 0.245 e. The van der Waals surface area contributed by atoms with Gasteiger partial charge < -0.3 is 15.1 Å². The van der Waals surface area contributed by atoms with Gasteiger partial charge in [0.05, 0.1) is 0 Å². The van der Waals surface area contributed by atoms with Gasteiger partial charge in [-0.25, -0.2) is 0 Å². The molecule has 0 spiro atoms. The molecule has 32 heavy (non-hydrogen) atoms. The van der Waals surface area contributed by atoms with Crippen molar-refractivity contribution in [2.24, 2.45) is 11.8 Å². The van der Waals surface area contributed by atoms with Gasteiger partial charge in [-0.05, 0) is 31.2 Å². The molecule has 2 fully saturated rings. The van der Waals surface area contributed by atoms with Crippen LogP contribution in [-0.4, -0.2) is 59.2 Å². The molecule has 2 aliphatic rings. The third-order valence-electron chi connectivity index (χ3n) is 6.73. The summed E-state index contributed by atoms with van der Waals surface area (Å²) in [5, 5.41) is 2.02. The van der Waals surface area contributed by atoms with Crippen molar-refractivity contribution in [1.82, 2.24) is 15.1 Å². The maximum absolute atomic E-state index is 13.3. The van der Waals surface area contributed by atoms with Crippen LogP contribution in [0.3, 0.4) is 0 Å². The van der Waals surface area contributed by atoms with Gasteiger partial charge in [-0.1, -0.05) is 63.4 Å². The standard InChI is InChI=1S/C25H36ClN3O3/c1-17(2)22(27-23(30)21(26)19-10-6-4-7-11-19)25(32)28-14-15-29(18(3)16-28)24(31)20-12-8-5-9-13-20/h4,6-7,10-11,17-18,20-22H,5,8-9,12-16H2,1-3H3,(H,27,30). The highest BCUT2D eigenvalue weighted by Gasteiger charge is 2.37. The van der Waals surface area contributed by atoms with E-state index < -0.39 is 11.4 Å². The van der Waals surface area contributed by atoms with Crippen molar-refractivity contribution >= 4 is 29.3 Å². The van der Waals surface area contributed by atoms with Crippen LogP contribution in [-0.2, 0) is 14.4 Å². The SMILES string of the molecule is CC(C)C(NC(=O)C(Cl)c1ccccc1)C(=O)N1CCN(C(=O)C2CCCCC2)C(C)C1. The molecule has 1 aromatic rings. The fourth-order valence-electron chi connectivity index (χ4n) is 4.78. The summed E-state index contributed by atoms with van der Waals surface area (Å²) in [7, 11) is 0. The first kappa shape index (κ1) is 24.6. The average Bonchev–Trinajstić information content (AvgIpc) is 2.81. The van der Waals surface area contributed by atoms with Gasteiger partial charge >= 0.3 is 0 Å². The second-order valence-corrected chi connectivity index (χ2v) is 9.94. The molecule has 3 amide bonds. The highest BCUT2D eigenvalue weighted by Crippen LogP contribution is 2.27. The number of halogens is 1. The number of carbonyl (C=O) groups excluding carboxylic acids is 3. The fraction of sp³-hybridized carbons (Fsp3) is 0.640. The zero-order valence-corrected chi connectivity index (χ0v) is 20.2. The van der Waals surface area contributed by atoms with Crippen LogP contribution in [0.4, 0.5) is 0 Å². The molecule has 7 heteroatoms. The maximum atomic E-state index is 13.3. The molecule has 1 heterocycles. The highest BCUT2D eigenvalue weighted by molar-refractivity contribution is 6.30. The van der Waals surface area contributed by atoms with E-state index >= 15 is 0 Å². The molecule has 1 aromatic carbocycles. The lowest BCUT2D eigenvalue weighted by Crippen LogP contribution is -2.60. The molecule has 6 nitrogen and oxygen atoms in total. The molecule has 3 rings (SSSR count). The van der Waals surface area contributed by atoms with E-state index in [2.05, 4.69) is 5.32 Å². The number of alkyl halides is 1. The average molecular weight is 462 g/mol. The van der Waals surface area contributed by atoms with Gasteiger partial charge in [0.15, 0.2) is 0 Å². The van der Waals surface area contributed by atoms with Crippen LogP contribution in [0.1, 0.15) is 63.8 Å². The van der Waals surface area contributed by atoms with E-state index in [9.17, 15) is 14.4 Å². The summed E-state index contributed by atoms with van der Waals surface area (Å²) in [5.41, 5.74) is 0.699. The molecule has 0 radical (unpaired) electrons. The second-order valence-electron chi connectivity index (χ2n) is 9.50. The summed E-state index contributed by atoms with van der Waals surface area (Å²) >= 11 is 6.37. The molecule has 1 aliphatic carbocycles. The molecule has 3 atom stereocenters. The first-order valence-corrected chi connectivity index (χ1v) is 12.3. The van der Waals surface area contributed by atoms with E-state index in [4.69, 9.17) is 11.6 Å². The quantitative estimate of drug-likeness (QED) is 0.656.